The highest BCUT2D eigenvalue weighted by Gasteiger charge is 2.24. The fourth-order valence-corrected chi connectivity index (χ4v) is 4.12. The highest BCUT2D eigenvalue weighted by molar-refractivity contribution is 7.99. The lowest BCUT2D eigenvalue weighted by Crippen LogP contribution is -2.37. The van der Waals surface area contributed by atoms with E-state index in [1.807, 2.05) is 17.8 Å². The molecule has 1 atom stereocenters. The number of hydrogen-bond acceptors (Lipinski definition) is 4. The van der Waals surface area contributed by atoms with Crippen LogP contribution in [0.2, 0.25) is 0 Å². The first kappa shape index (κ1) is 13.8. The van der Waals surface area contributed by atoms with Crippen molar-refractivity contribution in [1.82, 2.24) is 4.72 Å². The van der Waals surface area contributed by atoms with Gasteiger partial charge in [-0.1, -0.05) is 6.92 Å². The Morgan fingerprint density at radius 3 is 2.62 bits per heavy atom. The lowest BCUT2D eigenvalue weighted by Gasteiger charge is -2.22. The standard InChI is InChI=1S/C10H18N2O2S2/c1-2-10(7-11)16(13,14)12-8-9-3-5-15-6-4-9/h9-10,12H,2-6,8H2,1H3. The van der Waals surface area contributed by atoms with Gasteiger partial charge in [0.1, 0.15) is 0 Å². The van der Waals surface area contributed by atoms with Gasteiger partial charge in [0.2, 0.25) is 10.0 Å². The zero-order chi connectivity index (χ0) is 12.0. The predicted molar refractivity (Wildman–Crippen MR) is 66.7 cm³/mol. The van der Waals surface area contributed by atoms with Crippen LogP contribution in [0.25, 0.3) is 0 Å². The molecule has 0 aliphatic carbocycles. The van der Waals surface area contributed by atoms with Crippen LogP contribution in [0.4, 0.5) is 0 Å². The summed E-state index contributed by atoms with van der Waals surface area (Å²) in [6, 6.07) is 1.83. The Hall–Kier alpha value is -0.250. The monoisotopic (exact) mass is 262 g/mol. The van der Waals surface area contributed by atoms with Crippen molar-refractivity contribution in [2.75, 3.05) is 18.1 Å². The number of rotatable bonds is 5. The Morgan fingerprint density at radius 1 is 1.50 bits per heavy atom. The molecule has 0 bridgehead atoms. The second kappa shape index (κ2) is 6.48. The topological polar surface area (TPSA) is 70.0 Å². The van der Waals surface area contributed by atoms with E-state index in [4.69, 9.17) is 5.26 Å². The molecule has 0 saturated carbocycles. The SMILES string of the molecule is CCC(C#N)S(=O)(=O)NCC1CCSCC1. The quantitative estimate of drug-likeness (QED) is 0.812. The van der Waals surface area contributed by atoms with Gasteiger partial charge < -0.3 is 0 Å². The minimum atomic E-state index is -3.44. The summed E-state index contributed by atoms with van der Waals surface area (Å²) in [6.45, 7) is 2.20. The molecule has 0 amide bonds. The van der Waals surface area contributed by atoms with Crippen molar-refractivity contribution in [2.45, 2.75) is 31.4 Å². The van der Waals surface area contributed by atoms with E-state index < -0.39 is 15.3 Å². The third-order valence-corrected chi connectivity index (χ3v) is 5.61. The van der Waals surface area contributed by atoms with Crippen molar-refractivity contribution >= 4 is 21.8 Å². The van der Waals surface area contributed by atoms with Crippen LogP contribution in [-0.4, -0.2) is 31.7 Å². The largest absolute Gasteiger partial charge is 0.227 e. The van der Waals surface area contributed by atoms with Gasteiger partial charge in [0, 0.05) is 6.54 Å². The predicted octanol–water partition coefficient (Wildman–Crippen LogP) is 1.35. The maximum absolute atomic E-state index is 11.7. The highest BCUT2D eigenvalue weighted by atomic mass is 32.2. The van der Waals surface area contributed by atoms with Crippen molar-refractivity contribution in [3.63, 3.8) is 0 Å². The third-order valence-electron chi connectivity index (χ3n) is 2.80. The van der Waals surface area contributed by atoms with Crippen molar-refractivity contribution in [3.8, 4) is 6.07 Å². The molecule has 4 nitrogen and oxygen atoms in total. The van der Waals surface area contributed by atoms with Crippen molar-refractivity contribution < 1.29 is 8.42 Å². The molecule has 1 N–H and O–H groups in total. The number of thioether (sulfide) groups is 1. The van der Waals surface area contributed by atoms with Gasteiger partial charge in [-0.05, 0) is 36.7 Å². The van der Waals surface area contributed by atoms with Gasteiger partial charge in [0.05, 0.1) is 6.07 Å². The van der Waals surface area contributed by atoms with Gasteiger partial charge >= 0.3 is 0 Å². The molecule has 0 aromatic heterocycles. The molecule has 1 rings (SSSR count). The van der Waals surface area contributed by atoms with Crippen LogP contribution in [0.15, 0.2) is 0 Å². The number of nitrogens with zero attached hydrogens (tertiary/aromatic N) is 1. The van der Waals surface area contributed by atoms with Gasteiger partial charge in [0.15, 0.2) is 5.25 Å². The summed E-state index contributed by atoms with van der Waals surface area (Å²) >= 11 is 1.92. The van der Waals surface area contributed by atoms with Gasteiger partial charge in [-0.25, -0.2) is 13.1 Å². The summed E-state index contributed by atoms with van der Waals surface area (Å²) in [4.78, 5) is 0. The first-order valence-corrected chi connectivity index (χ1v) is 8.26. The lowest BCUT2D eigenvalue weighted by molar-refractivity contribution is 0.475. The Bertz CT molecular complexity index is 342. The Morgan fingerprint density at radius 2 is 2.12 bits per heavy atom. The summed E-state index contributed by atoms with van der Waals surface area (Å²) < 4.78 is 26.0. The average molecular weight is 262 g/mol. The van der Waals surface area contributed by atoms with E-state index in [2.05, 4.69) is 4.72 Å². The van der Waals surface area contributed by atoms with Crippen molar-refractivity contribution in [1.29, 1.82) is 5.26 Å². The van der Waals surface area contributed by atoms with E-state index in [1.54, 1.807) is 6.92 Å². The summed E-state index contributed by atoms with van der Waals surface area (Å²) in [7, 11) is -3.44. The zero-order valence-corrected chi connectivity index (χ0v) is 11.1. The number of nitriles is 1. The third kappa shape index (κ3) is 3.96. The molecular weight excluding hydrogens is 244 g/mol. The van der Waals surface area contributed by atoms with Gasteiger partial charge in [-0.3, -0.25) is 0 Å². The maximum atomic E-state index is 11.7. The lowest BCUT2D eigenvalue weighted by atomic mass is 10.0. The molecule has 1 saturated heterocycles. The van der Waals surface area contributed by atoms with Crippen LogP contribution < -0.4 is 4.72 Å². The zero-order valence-electron chi connectivity index (χ0n) is 9.48. The Balaban J connectivity index is 2.44. The van der Waals surface area contributed by atoms with E-state index in [-0.39, 0.29) is 0 Å². The van der Waals surface area contributed by atoms with Crippen molar-refractivity contribution in [3.05, 3.63) is 0 Å². The molecule has 1 unspecified atom stereocenters. The summed E-state index contributed by atoms with van der Waals surface area (Å²) in [6.07, 6.45) is 2.47. The van der Waals surface area contributed by atoms with Gasteiger partial charge in [-0.2, -0.15) is 17.0 Å². The second-order valence-electron chi connectivity index (χ2n) is 3.98. The molecule has 92 valence electrons. The molecule has 0 aromatic rings. The Kier molecular flexibility index (Phi) is 5.59. The van der Waals surface area contributed by atoms with E-state index in [9.17, 15) is 8.42 Å². The van der Waals surface area contributed by atoms with Crippen LogP contribution >= 0.6 is 11.8 Å². The first-order valence-electron chi connectivity index (χ1n) is 5.56. The van der Waals surface area contributed by atoms with Crippen LogP contribution in [0.1, 0.15) is 26.2 Å². The van der Waals surface area contributed by atoms with E-state index >= 15 is 0 Å². The molecule has 1 aliphatic rings. The number of nitrogens with one attached hydrogen (secondary N) is 1. The molecule has 0 radical (unpaired) electrons. The smallest absolute Gasteiger partial charge is 0.214 e. The molecule has 0 aromatic carbocycles. The first-order chi connectivity index (χ1) is 7.60. The fourth-order valence-electron chi connectivity index (χ4n) is 1.67. The average Bonchev–Trinajstić information content (AvgIpc) is 2.29. The molecule has 1 heterocycles. The highest BCUT2D eigenvalue weighted by Crippen LogP contribution is 2.22. The molecular formula is C10H18N2O2S2. The van der Waals surface area contributed by atoms with Crippen LogP contribution in [-0.2, 0) is 10.0 Å². The molecule has 6 heteroatoms. The molecule has 1 aliphatic heterocycles. The van der Waals surface area contributed by atoms with E-state index in [1.165, 1.54) is 0 Å². The van der Waals surface area contributed by atoms with Crippen LogP contribution in [0.3, 0.4) is 0 Å². The van der Waals surface area contributed by atoms with E-state index in [0.29, 0.717) is 18.9 Å². The maximum Gasteiger partial charge on any atom is 0.227 e. The molecule has 1 fully saturated rings. The fraction of sp³-hybridized carbons (Fsp3) is 0.900. The summed E-state index contributed by atoms with van der Waals surface area (Å²) in [5.74, 6) is 2.66. The van der Waals surface area contributed by atoms with Crippen molar-refractivity contribution in [2.24, 2.45) is 5.92 Å². The van der Waals surface area contributed by atoms with Gasteiger partial charge in [-0.15, -0.1) is 0 Å². The van der Waals surface area contributed by atoms with Crippen LogP contribution in [0, 0.1) is 17.2 Å². The van der Waals surface area contributed by atoms with Crippen LogP contribution in [0.5, 0.6) is 0 Å². The second-order valence-corrected chi connectivity index (χ2v) is 7.15. The summed E-state index contributed by atoms with van der Waals surface area (Å²) in [5, 5.41) is 7.81. The molecule has 16 heavy (non-hydrogen) atoms. The number of hydrogen-bond donors (Lipinski definition) is 1. The Labute approximate surface area is 102 Å². The minimum absolute atomic E-state index is 0.340. The normalized spacial score (nSPS) is 20.2. The van der Waals surface area contributed by atoms with E-state index in [0.717, 1.165) is 24.3 Å². The number of sulfonamides is 1. The van der Waals surface area contributed by atoms with Gasteiger partial charge in [0.25, 0.3) is 0 Å². The summed E-state index contributed by atoms with van der Waals surface area (Å²) in [5.41, 5.74) is 0. The molecule has 0 spiro atoms. The minimum Gasteiger partial charge on any atom is -0.214 e.